The molecule has 5 nitrogen and oxygen atoms in total. The monoisotopic (exact) mass is 329 g/mol. The highest BCUT2D eigenvalue weighted by Gasteiger charge is 2.21. The zero-order valence-electron chi connectivity index (χ0n) is 9.55. The molecule has 100 valence electrons. The molecule has 0 aliphatic heterocycles. The van der Waals surface area contributed by atoms with Gasteiger partial charge in [0.1, 0.15) is 24.4 Å². The average Bonchev–Trinajstić information content (AvgIpc) is 2.90. The summed E-state index contributed by atoms with van der Waals surface area (Å²) in [5.74, 6) is -1.14. The van der Waals surface area contributed by atoms with Crippen molar-refractivity contribution in [2.75, 3.05) is 6.67 Å². The highest BCUT2D eigenvalue weighted by atomic mass is 79.9. The third-order valence-corrected chi connectivity index (χ3v) is 2.83. The summed E-state index contributed by atoms with van der Waals surface area (Å²) < 4.78 is 23.2. The lowest BCUT2D eigenvalue weighted by atomic mass is 10.1. The second-order valence-corrected chi connectivity index (χ2v) is 4.54. The predicted molar refractivity (Wildman–Crippen MR) is 67.7 cm³/mol. The molecule has 0 saturated carbocycles. The number of halogens is 2. The maximum atomic E-state index is 12.6. The first-order valence-corrected chi connectivity index (χ1v) is 6.07. The molecule has 1 aromatic heterocycles. The topological polar surface area (TPSA) is 72.6 Å². The highest BCUT2D eigenvalue weighted by molar-refractivity contribution is 9.10. The molecule has 1 unspecified atom stereocenters. The van der Waals surface area contributed by atoms with E-state index in [0.717, 1.165) is 4.47 Å². The van der Waals surface area contributed by atoms with Crippen LogP contribution in [0.2, 0.25) is 0 Å². The number of ether oxygens (including phenoxy) is 1. The Morgan fingerprint density at radius 2 is 2.32 bits per heavy atom. The van der Waals surface area contributed by atoms with Crippen LogP contribution in [-0.2, 0) is 4.79 Å². The van der Waals surface area contributed by atoms with Crippen molar-refractivity contribution in [3.8, 4) is 17.0 Å². The molecule has 0 aliphatic carbocycles. The summed E-state index contributed by atoms with van der Waals surface area (Å²) in [5.41, 5.74) is 0.988. The predicted octanol–water partition coefficient (Wildman–Crippen LogP) is 2.91. The van der Waals surface area contributed by atoms with Gasteiger partial charge in [-0.3, -0.25) is 0 Å². The molecule has 1 heterocycles. The number of rotatable bonds is 5. The van der Waals surface area contributed by atoms with Crippen molar-refractivity contribution in [3.63, 3.8) is 0 Å². The molecule has 19 heavy (non-hydrogen) atoms. The molecular weight excluding hydrogens is 321 g/mol. The maximum absolute atomic E-state index is 12.6. The Labute approximate surface area is 116 Å². The number of carbonyl (C=O) groups is 1. The van der Waals surface area contributed by atoms with Gasteiger partial charge in [0, 0.05) is 16.1 Å². The Morgan fingerprint density at radius 3 is 2.89 bits per heavy atom. The van der Waals surface area contributed by atoms with Crippen molar-refractivity contribution >= 4 is 21.9 Å². The Morgan fingerprint density at radius 1 is 1.53 bits per heavy atom. The number of alkyl halides is 1. The van der Waals surface area contributed by atoms with Crippen LogP contribution in [-0.4, -0.2) is 29.0 Å². The Bertz CT molecular complexity index is 573. The number of hydrogen-bond donors (Lipinski definition) is 1. The van der Waals surface area contributed by atoms with Gasteiger partial charge in [-0.15, -0.1) is 0 Å². The van der Waals surface area contributed by atoms with E-state index in [1.165, 1.54) is 6.26 Å². The van der Waals surface area contributed by atoms with E-state index in [1.54, 1.807) is 24.3 Å². The molecule has 1 aromatic carbocycles. The van der Waals surface area contributed by atoms with E-state index >= 15 is 0 Å². The van der Waals surface area contributed by atoms with Crippen LogP contribution in [0.3, 0.4) is 0 Å². The van der Waals surface area contributed by atoms with Crippen LogP contribution in [0.5, 0.6) is 5.75 Å². The Hall–Kier alpha value is -1.89. The molecule has 0 saturated heterocycles. The normalized spacial score (nSPS) is 12.1. The molecule has 0 radical (unpaired) electrons. The van der Waals surface area contributed by atoms with Gasteiger partial charge in [-0.2, -0.15) is 0 Å². The first-order valence-electron chi connectivity index (χ1n) is 5.27. The molecule has 2 rings (SSSR count). The van der Waals surface area contributed by atoms with Crippen LogP contribution < -0.4 is 4.74 Å². The van der Waals surface area contributed by atoms with E-state index in [2.05, 4.69) is 21.1 Å². The standard InChI is InChI=1S/C12H9BrFNO4/c13-7-1-2-10(19-11(6-14)12(16)17)8(5-7)9-3-4-18-15-9/h1-5,11H,6H2,(H,16,17). The zero-order valence-corrected chi connectivity index (χ0v) is 11.1. The van der Waals surface area contributed by atoms with Crippen LogP contribution in [0.4, 0.5) is 4.39 Å². The van der Waals surface area contributed by atoms with E-state index < -0.39 is 18.7 Å². The van der Waals surface area contributed by atoms with Crippen LogP contribution in [0, 0.1) is 0 Å². The molecule has 0 aliphatic rings. The number of aromatic nitrogens is 1. The van der Waals surface area contributed by atoms with Gasteiger partial charge in [-0.1, -0.05) is 21.1 Å². The smallest absolute Gasteiger partial charge is 0.347 e. The van der Waals surface area contributed by atoms with Crippen molar-refractivity contribution < 1.29 is 23.6 Å². The van der Waals surface area contributed by atoms with Gasteiger partial charge in [0.25, 0.3) is 0 Å². The number of hydrogen-bond acceptors (Lipinski definition) is 4. The lowest BCUT2D eigenvalue weighted by molar-refractivity contribution is -0.145. The third-order valence-electron chi connectivity index (χ3n) is 2.34. The molecule has 1 N–H and O–H groups in total. The maximum Gasteiger partial charge on any atom is 0.347 e. The summed E-state index contributed by atoms with van der Waals surface area (Å²) in [6.07, 6.45) is -0.170. The number of carboxylic acid groups (broad SMARTS) is 1. The third kappa shape index (κ3) is 3.11. The number of nitrogens with zero attached hydrogens (tertiary/aromatic N) is 1. The number of benzene rings is 1. The fourth-order valence-electron chi connectivity index (χ4n) is 1.46. The van der Waals surface area contributed by atoms with E-state index in [4.69, 9.17) is 14.4 Å². The van der Waals surface area contributed by atoms with Gasteiger partial charge in [0.15, 0.2) is 0 Å². The fraction of sp³-hybridized carbons (Fsp3) is 0.167. The van der Waals surface area contributed by atoms with Gasteiger partial charge in [-0.05, 0) is 18.2 Å². The van der Waals surface area contributed by atoms with E-state index in [9.17, 15) is 9.18 Å². The van der Waals surface area contributed by atoms with Crippen molar-refractivity contribution in [3.05, 3.63) is 35.0 Å². The van der Waals surface area contributed by atoms with Crippen molar-refractivity contribution in [2.24, 2.45) is 0 Å². The van der Waals surface area contributed by atoms with Crippen LogP contribution >= 0.6 is 15.9 Å². The van der Waals surface area contributed by atoms with Gasteiger partial charge < -0.3 is 14.4 Å². The quantitative estimate of drug-likeness (QED) is 0.913. The fourth-order valence-corrected chi connectivity index (χ4v) is 1.82. The van der Waals surface area contributed by atoms with Gasteiger partial charge in [0.05, 0.1) is 0 Å². The first kappa shape index (κ1) is 13.5. The summed E-state index contributed by atoms with van der Waals surface area (Å²) in [6.45, 7) is -1.12. The average molecular weight is 330 g/mol. The molecule has 1 atom stereocenters. The number of carboxylic acids is 1. The lowest BCUT2D eigenvalue weighted by Gasteiger charge is -2.14. The summed E-state index contributed by atoms with van der Waals surface area (Å²) in [7, 11) is 0. The van der Waals surface area contributed by atoms with E-state index in [0.29, 0.717) is 11.3 Å². The largest absolute Gasteiger partial charge is 0.478 e. The van der Waals surface area contributed by atoms with Gasteiger partial charge in [0.2, 0.25) is 6.10 Å². The minimum atomic E-state index is -1.55. The van der Waals surface area contributed by atoms with Crippen LogP contribution in [0.15, 0.2) is 39.5 Å². The van der Waals surface area contributed by atoms with Crippen molar-refractivity contribution in [1.29, 1.82) is 0 Å². The zero-order chi connectivity index (χ0) is 13.8. The van der Waals surface area contributed by atoms with E-state index in [-0.39, 0.29) is 5.75 Å². The second-order valence-electron chi connectivity index (χ2n) is 3.62. The minimum Gasteiger partial charge on any atom is -0.478 e. The summed E-state index contributed by atoms with van der Waals surface area (Å²) in [4.78, 5) is 10.8. The van der Waals surface area contributed by atoms with Gasteiger partial charge in [-0.25, -0.2) is 9.18 Å². The van der Waals surface area contributed by atoms with Crippen molar-refractivity contribution in [2.45, 2.75) is 6.10 Å². The van der Waals surface area contributed by atoms with Crippen molar-refractivity contribution in [1.82, 2.24) is 5.16 Å². The minimum absolute atomic E-state index is 0.224. The SMILES string of the molecule is O=C(O)C(CF)Oc1ccc(Br)cc1-c1ccon1. The van der Waals surface area contributed by atoms with Crippen LogP contribution in [0.1, 0.15) is 0 Å². The number of aliphatic carboxylic acids is 1. The summed E-state index contributed by atoms with van der Waals surface area (Å²) in [5, 5.41) is 12.6. The second kappa shape index (κ2) is 5.83. The molecule has 7 heteroatoms. The molecule has 0 fully saturated rings. The van der Waals surface area contributed by atoms with Gasteiger partial charge >= 0.3 is 5.97 Å². The summed E-state index contributed by atoms with van der Waals surface area (Å²) in [6, 6.07) is 6.49. The molecular formula is C12H9BrFNO4. The molecule has 0 spiro atoms. The lowest BCUT2D eigenvalue weighted by Crippen LogP contribution is -2.29. The Balaban J connectivity index is 2.37. The molecule has 0 bridgehead atoms. The first-order chi connectivity index (χ1) is 9.11. The van der Waals surface area contributed by atoms with Crippen LogP contribution in [0.25, 0.3) is 11.3 Å². The summed E-state index contributed by atoms with van der Waals surface area (Å²) >= 11 is 3.29. The highest BCUT2D eigenvalue weighted by Crippen LogP contribution is 2.32. The molecule has 0 amide bonds. The van der Waals surface area contributed by atoms with E-state index in [1.807, 2.05) is 0 Å². The molecule has 2 aromatic rings. The Kier molecular flexibility index (Phi) is 4.16.